The van der Waals surface area contributed by atoms with E-state index in [1.807, 2.05) is 0 Å². The van der Waals surface area contributed by atoms with Crippen molar-refractivity contribution in [2.24, 2.45) is 0 Å². The first kappa shape index (κ1) is 17.1. The molecule has 0 saturated carbocycles. The molecule has 0 aliphatic heterocycles. The Morgan fingerprint density at radius 3 is 2.37 bits per heavy atom. The summed E-state index contributed by atoms with van der Waals surface area (Å²) >= 11 is 0. The summed E-state index contributed by atoms with van der Waals surface area (Å²) in [4.78, 5) is 23.7. The molecule has 0 radical (unpaired) electrons. The maximum Gasteiger partial charge on any atom is 0.318 e. The lowest BCUT2D eigenvalue weighted by Gasteiger charge is -2.07. The van der Waals surface area contributed by atoms with Crippen LogP contribution in [0.4, 0.5) is 16.2 Å². The Bertz CT molecular complexity index is 1010. The summed E-state index contributed by atoms with van der Waals surface area (Å²) in [5, 5.41) is 9.07. The predicted molar refractivity (Wildman–Crippen MR) is 105 cm³/mol. The second kappa shape index (κ2) is 7.15. The fourth-order valence-corrected chi connectivity index (χ4v) is 3.49. The molecule has 1 aliphatic carbocycles. The Labute approximate surface area is 156 Å². The normalized spacial score (nSPS) is 12.6. The molecule has 0 fully saturated rings. The van der Waals surface area contributed by atoms with E-state index in [4.69, 9.17) is 4.42 Å². The van der Waals surface area contributed by atoms with Crippen LogP contribution in [0.1, 0.15) is 23.1 Å². The number of rotatable bonds is 4. The maximum atomic E-state index is 12.4. The number of amides is 3. The van der Waals surface area contributed by atoms with E-state index >= 15 is 0 Å². The molecule has 3 amide bonds. The average Bonchev–Trinajstić information content (AvgIpc) is 3.28. The van der Waals surface area contributed by atoms with Gasteiger partial charge in [-0.15, -0.1) is 0 Å². The van der Waals surface area contributed by atoms with Crippen LogP contribution < -0.4 is 16.0 Å². The molecule has 6 heteroatoms. The Morgan fingerprint density at radius 2 is 1.67 bits per heavy atom. The predicted octanol–water partition coefficient (Wildman–Crippen LogP) is 3.85. The number of nitrogens with one attached hydrogen (secondary N) is 3. The van der Waals surface area contributed by atoms with E-state index < -0.39 is 0 Å². The van der Waals surface area contributed by atoms with Gasteiger partial charge in [0.2, 0.25) is 5.91 Å². The van der Waals surface area contributed by atoms with Gasteiger partial charge in [0.15, 0.2) is 0 Å². The quantitative estimate of drug-likeness (QED) is 0.658. The van der Waals surface area contributed by atoms with Crippen molar-refractivity contribution in [1.29, 1.82) is 0 Å². The third kappa shape index (κ3) is 3.65. The minimum atomic E-state index is -0.287. The minimum Gasteiger partial charge on any atom is -0.464 e. The van der Waals surface area contributed by atoms with Crippen LogP contribution in [0, 0.1) is 0 Å². The van der Waals surface area contributed by atoms with Gasteiger partial charge in [-0.05, 0) is 66.8 Å². The van der Waals surface area contributed by atoms with Gasteiger partial charge >= 0.3 is 6.03 Å². The summed E-state index contributed by atoms with van der Waals surface area (Å²) < 4.78 is 5.66. The van der Waals surface area contributed by atoms with Gasteiger partial charge in [-0.1, -0.05) is 0 Å². The van der Waals surface area contributed by atoms with E-state index in [0.717, 1.165) is 29.4 Å². The summed E-state index contributed by atoms with van der Waals surface area (Å²) in [6.07, 6.45) is 5.31. The van der Waals surface area contributed by atoms with Crippen molar-refractivity contribution < 1.29 is 14.0 Å². The lowest BCUT2D eigenvalue weighted by molar-refractivity contribution is -0.115. The van der Waals surface area contributed by atoms with Crippen LogP contribution >= 0.6 is 0 Å². The number of furan rings is 1. The summed E-state index contributed by atoms with van der Waals surface area (Å²) in [5.74, 6) is -0.106. The Kier molecular flexibility index (Phi) is 4.54. The van der Waals surface area contributed by atoms with Gasteiger partial charge in [0.1, 0.15) is 5.58 Å². The molecule has 3 N–H and O–H groups in total. The highest BCUT2D eigenvalue weighted by Crippen LogP contribution is 2.30. The lowest BCUT2D eigenvalue weighted by atomic mass is 10.0. The zero-order valence-corrected chi connectivity index (χ0v) is 15.1. The average molecular weight is 363 g/mol. The zero-order chi connectivity index (χ0) is 18.8. The smallest absolute Gasteiger partial charge is 0.318 e. The molecule has 1 heterocycles. The van der Waals surface area contributed by atoms with E-state index in [-0.39, 0.29) is 18.4 Å². The van der Waals surface area contributed by atoms with Crippen LogP contribution in [0.5, 0.6) is 0 Å². The zero-order valence-electron chi connectivity index (χ0n) is 15.1. The monoisotopic (exact) mass is 363 g/mol. The topological polar surface area (TPSA) is 83.4 Å². The maximum absolute atomic E-state index is 12.4. The van der Waals surface area contributed by atoms with Crippen LogP contribution in [0.15, 0.2) is 47.1 Å². The molecule has 3 aromatic rings. The summed E-state index contributed by atoms with van der Waals surface area (Å²) in [5.41, 5.74) is 5.81. The van der Waals surface area contributed by atoms with E-state index in [1.165, 1.54) is 17.5 Å². The number of aryl methyl sites for hydroxylation is 2. The van der Waals surface area contributed by atoms with Crippen LogP contribution in [0.2, 0.25) is 0 Å². The highest BCUT2D eigenvalue weighted by atomic mass is 16.3. The van der Waals surface area contributed by atoms with Gasteiger partial charge in [0.05, 0.1) is 12.7 Å². The number of hydrogen-bond donors (Lipinski definition) is 3. The number of urea groups is 1. The van der Waals surface area contributed by atoms with Crippen molar-refractivity contribution in [2.75, 3.05) is 17.7 Å². The third-order valence-electron chi connectivity index (χ3n) is 4.87. The van der Waals surface area contributed by atoms with Crippen molar-refractivity contribution in [3.8, 4) is 0 Å². The van der Waals surface area contributed by atoms with Crippen LogP contribution in [0.3, 0.4) is 0 Å². The third-order valence-corrected chi connectivity index (χ3v) is 4.87. The van der Waals surface area contributed by atoms with E-state index in [0.29, 0.717) is 11.4 Å². The summed E-state index contributed by atoms with van der Waals surface area (Å²) in [7, 11) is 1.55. The summed E-state index contributed by atoms with van der Waals surface area (Å²) in [6.45, 7) is 0. The molecule has 0 spiro atoms. The fraction of sp³-hybridized carbons (Fsp3) is 0.238. The first-order valence-corrected chi connectivity index (χ1v) is 9.03. The number of hydrogen-bond acceptors (Lipinski definition) is 3. The van der Waals surface area contributed by atoms with Gasteiger partial charge in [0.25, 0.3) is 0 Å². The van der Waals surface area contributed by atoms with Crippen molar-refractivity contribution in [3.63, 3.8) is 0 Å². The molecule has 1 aromatic heterocycles. The molecule has 4 rings (SSSR count). The van der Waals surface area contributed by atoms with Crippen molar-refractivity contribution >= 4 is 34.3 Å². The van der Waals surface area contributed by atoms with Crippen molar-refractivity contribution in [3.05, 3.63) is 59.4 Å². The second-order valence-corrected chi connectivity index (χ2v) is 6.74. The highest BCUT2D eigenvalue weighted by Gasteiger charge is 2.16. The largest absolute Gasteiger partial charge is 0.464 e. The molecule has 2 aromatic carbocycles. The Morgan fingerprint density at radius 1 is 1.00 bits per heavy atom. The van der Waals surface area contributed by atoms with Gasteiger partial charge in [-0.2, -0.15) is 0 Å². The fourth-order valence-electron chi connectivity index (χ4n) is 3.49. The Balaban J connectivity index is 1.44. The highest BCUT2D eigenvalue weighted by molar-refractivity contribution is 5.96. The SMILES string of the molecule is CNC(=O)Nc1ccc(NC(=O)Cc2coc3cc4c(cc23)CCC4)cc1. The minimum absolute atomic E-state index is 0.106. The molecule has 0 saturated heterocycles. The van der Waals surface area contributed by atoms with Gasteiger partial charge in [-0.25, -0.2) is 4.79 Å². The second-order valence-electron chi connectivity index (χ2n) is 6.74. The Hall–Kier alpha value is -3.28. The molecule has 1 aliphatic rings. The van der Waals surface area contributed by atoms with E-state index in [1.54, 1.807) is 37.6 Å². The van der Waals surface area contributed by atoms with Crippen LogP contribution in [0.25, 0.3) is 11.0 Å². The van der Waals surface area contributed by atoms with Crippen LogP contribution in [-0.2, 0) is 24.1 Å². The number of benzene rings is 2. The number of carbonyl (C=O) groups excluding carboxylic acids is 2. The first-order chi connectivity index (χ1) is 13.1. The van der Waals surface area contributed by atoms with E-state index in [9.17, 15) is 9.59 Å². The van der Waals surface area contributed by atoms with Crippen molar-refractivity contribution in [2.45, 2.75) is 25.7 Å². The van der Waals surface area contributed by atoms with Gasteiger partial charge in [0, 0.05) is 29.4 Å². The molecule has 27 heavy (non-hydrogen) atoms. The van der Waals surface area contributed by atoms with Crippen LogP contribution in [-0.4, -0.2) is 19.0 Å². The molecule has 0 unspecified atom stereocenters. The van der Waals surface area contributed by atoms with Gasteiger partial charge in [-0.3, -0.25) is 4.79 Å². The van der Waals surface area contributed by atoms with E-state index in [2.05, 4.69) is 28.1 Å². The molecular formula is C21H21N3O3. The number of anilines is 2. The summed E-state index contributed by atoms with van der Waals surface area (Å²) in [6, 6.07) is 11.0. The van der Waals surface area contributed by atoms with Crippen molar-refractivity contribution in [1.82, 2.24) is 5.32 Å². The molecule has 6 nitrogen and oxygen atoms in total. The standard InChI is InChI=1S/C21H21N3O3/c1-22-21(26)24-17-7-5-16(6-8-17)23-20(25)11-15-12-27-19-10-14-4-2-3-13(14)9-18(15)19/h5-10,12H,2-4,11H2,1H3,(H,23,25)(H2,22,24,26). The van der Waals surface area contributed by atoms with Gasteiger partial charge < -0.3 is 20.4 Å². The molecular weight excluding hydrogens is 342 g/mol. The lowest BCUT2D eigenvalue weighted by Crippen LogP contribution is -2.24. The number of carbonyl (C=O) groups is 2. The molecule has 138 valence electrons. The molecule has 0 bridgehead atoms. The first-order valence-electron chi connectivity index (χ1n) is 9.03. The molecule has 0 atom stereocenters. The number of fused-ring (bicyclic) bond motifs is 2.